The fraction of sp³-hybridized carbons (Fsp3) is 0.625. The Morgan fingerprint density at radius 3 is 2.77 bits per heavy atom. The Bertz CT molecular complexity index is 262. The zero-order valence-electron chi connectivity index (χ0n) is 7.55. The van der Waals surface area contributed by atoms with Crippen molar-refractivity contribution in [2.75, 3.05) is 0 Å². The molecule has 2 nitrogen and oxygen atoms in total. The van der Waals surface area contributed by atoms with E-state index in [0.29, 0.717) is 6.54 Å². The summed E-state index contributed by atoms with van der Waals surface area (Å²) in [6, 6.07) is -0.776. The quantitative estimate of drug-likeness (QED) is 0.816. The van der Waals surface area contributed by atoms with E-state index < -0.39 is 12.5 Å². The van der Waals surface area contributed by atoms with Gasteiger partial charge in [-0.15, -0.1) is 11.3 Å². The number of aryl methyl sites for hydroxylation is 1. The average molecular weight is 206 g/mol. The van der Waals surface area contributed by atoms with Crippen molar-refractivity contribution < 1.29 is 8.78 Å². The minimum absolute atomic E-state index is 0.413. The maximum atomic E-state index is 12.1. The van der Waals surface area contributed by atoms with E-state index in [1.165, 1.54) is 18.3 Å². The molecule has 1 aromatic heterocycles. The van der Waals surface area contributed by atoms with Gasteiger partial charge in [-0.1, -0.05) is 0 Å². The number of hydrogen-bond acceptors (Lipinski definition) is 3. The van der Waals surface area contributed by atoms with Crippen LogP contribution < -0.4 is 5.32 Å². The molecule has 0 spiro atoms. The van der Waals surface area contributed by atoms with Gasteiger partial charge in [0.1, 0.15) is 0 Å². The van der Waals surface area contributed by atoms with Crippen molar-refractivity contribution in [2.45, 2.75) is 32.9 Å². The first-order valence-electron chi connectivity index (χ1n) is 4.02. The van der Waals surface area contributed by atoms with Crippen LogP contribution in [0, 0.1) is 6.92 Å². The van der Waals surface area contributed by atoms with Crippen LogP contribution in [-0.4, -0.2) is 17.5 Å². The maximum Gasteiger partial charge on any atom is 0.253 e. The minimum Gasteiger partial charge on any atom is -0.303 e. The Labute approximate surface area is 80.0 Å². The van der Waals surface area contributed by atoms with Gasteiger partial charge in [0.25, 0.3) is 6.43 Å². The first-order chi connectivity index (χ1) is 6.09. The van der Waals surface area contributed by atoms with Gasteiger partial charge in [0.05, 0.1) is 16.7 Å². The lowest BCUT2D eigenvalue weighted by molar-refractivity contribution is 0.105. The van der Waals surface area contributed by atoms with E-state index in [1.54, 1.807) is 0 Å². The Morgan fingerprint density at radius 1 is 1.62 bits per heavy atom. The molecule has 74 valence electrons. The molecular weight excluding hydrogens is 194 g/mol. The van der Waals surface area contributed by atoms with Gasteiger partial charge in [-0.05, 0) is 13.8 Å². The highest BCUT2D eigenvalue weighted by Gasteiger charge is 2.13. The highest BCUT2D eigenvalue weighted by Crippen LogP contribution is 2.08. The highest BCUT2D eigenvalue weighted by molar-refractivity contribution is 7.09. The molecule has 1 N–H and O–H groups in total. The molecule has 0 aliphatic carbocycles. The van der Waals surface area contributed by atoms with Crippen LogP contribution >= 0.6 is 11.3 Å². The van der Waals surface area contributed by atoms with Gasteiger partial charge < -0.3 is 5.32 Å². The lowest BCUT2D eigenvalue weighted by atomic mass is 10.3. The summed E-state index contributed by atoms with van der Waals surface area (Å²) in [5, 5.41) is 5.54. The first kappa shape index (κ1) is 10.5. The van der Waals surface area contributed by atoms with Crippen LogP contribution in [0.1, 0.15) is 17.6 Å². The molecule has 0 saturated heterocycles. The lowest BCUT2D eigenvalue weighted by Crippen LogP contribution is -2.32. The number of aromatic nitrogens is 1. The summed E-state index contributed by atoms with van der Waals surface area (Å²) in [4.78, 5) is 4.15. The summed E-state index contributed by atoms with van der Waals surface area (Å²) in [5.74, 6) is 0. The van der Waals surface area contributed by atoms with Gasteiger partial charge in [-0.25, -0.2) is 13.8 Å². The summed E-state index contributed by atoms with van der Waals surface area (Å²) in [6.45, 7) is 3.77. The van der Waals surface area contributed by atoms with Crippen molar-refractivity contribution >= 4 is 11.3 Å². The Kier molecular flexibility index (Phi) is 3.74. The summed E-state index contributed by atoms with van der Waals surface area (Å²) in [5.41, 5.74) is 0.829. The van der Waals surface area contributed by atoms with Crippen molar-refractivity contribution in [1.29, 1.82) is 0 Å². The van der Waals surface area contributed by atoms with Crippen LogP contribution in [0.5, 0.6) is 0 Å². The van der Waals surface area contributed by atoms with Gasteiger partial charge in [0, 0.05) is 11.9 Å². The van der Waals surface area contributed by atoms with E-state index in [4.69, 9.17) is 0 Å². The largest absolute Gasteiger partial charge is 0.303 e. The third kappa shape index (κ3) is 3.36. The molecule has 1 rings (SSSR count). The summed E-state index contributed by atoms with van der Waals surface area (Å²) in [6.07, 6.45) is -2.32. The van der Waals surface area contributed by atoms with E-state index in [-0.39, 0.29) is 0 Å². The molecule has 0 bridgehead atoms. The fourth-order valence-corrected chi connectivity index (χ4v) is 1.46. The monoisotopic (exact) mass is 206 g/mol. The molecule has 1 atom stereocenters. The molecule has 0 aliphatic rings. The first-order valence-corrected chi connectivity index (χ1v) is 4.90. The number of hydrogen-bond donors (Lipinski definition) is 1. The molecule has 13 heavy (non-hydrogen) atoms. The predicted molar refractivity (Wildman–Crippen MR) is 49.2 cm³/mol. The number of nitrogens with zero attached hydrogens (tertiary/aromatic N) is 1. The number of thiazole rings is 1. The Hall–Kier alpha value is -0.550. The zero-order valence-corrected chi connectivity index (χ0v) is 8.37. The minimum atomic E-state index is -2.32. The van der Waals surface area contributed by atoms with Crippen LogP contribution in [-0.2, 0) is 6.54 Å². The maximum absolute atomic E-state index is 12.1. The normalized spacial score (nSPS) is 13.6. The van der Waals surface area contributed by atoms with Gasteiger partial charge in [0.15, 0.2) is 0 Å². The molecule has 5 heteroatoms. The molecule has 1 aromatic rings. The standard InChI is InChI=1S/C8H12F2N2S/c1-5(8(9)10)11-3-7-4-13-6(2)12-7/h4-5,8,11H,3H2,1-2H3. The second kappa shape index (κ2) is 4.62. The molecule has 0 aromatic carbocycles. The molecule has 0 fully saturated rings. The molecule has 0 aliphatic heterocycles. The van der Waals surface area contributed by atoms with Gasteiger partial charge in [-0.2, -0.15) is 0 Å². The van der Waals surface area contributed by atoms with Crippen molar-refractivity contribution in [3.05, 3.63) is 16.1 Å². The van der Waals surface area contributed by atoms with Crippen LogP contribution in [0.4, 0.5) is 8.78 Å². The van der Waals surface area contributed by atoms with Gasteiger partial charge in [0.2, 0.25) is 0 Å². The third-order valence-corrected chi connectivity index (χ3v) is 2.47. The predicted octanol–water partition coefficient (Wildman–Crippen LogP) is 2.19. The second-order valence-electron chi connectivity index (χ2n) is 2.86. The molecule has 1 unspecified atom stereocenters. The van der Waals surface area contributed by atoms with Crippen molar-refractivity contribution in [3.8, 4) is 0 Å². The molecule has 0 saturated carbocycles. The summed E-state index contributed by atoms with van der Waals surface area (Å²) >= 11 is 1.53. The Balaban J connectivity index is 2.35. The van der Waals surface area contributed by atoms with Crippen molar-refractivity contribution in [2.24, 2.45) is 0 Å². The van der Waals surface area contributed by atoms with Gasteiger partial charge >= 0.3 is 0 Å². The van der Waals surface area contributed by atoms with Crippen LogP contribution in [0.3, 0.4) is 0 Å². The van der Waals surface area contributed by atoms with Crippen LogP contribution in [0.15, 0.2) is 5.38 Å². The van der Waals surface area contributed by atoms with E-state index in [9.17, 15) is 8.78 Å². The molecule has 1 heterocycles. The third-order valence-electron chi connectivity index (χ3n) is 1.65. The highest BCUT2D eigenvalue weighted by atomic mass is 32.1. The SMILES string of the molecule is Cc1nc(CNC(C)C(F)F)cs1. The smallest absolute Gasteiger partial charge is 0.253 e. The molecule has 0 radical (unpaired) electrons. The Morgan fingerprint density at radius 2 is 2.31 bits per heavy atom. The number of nitrogens with one attached hydrogen (secondary N) is 1. The summed E-state index contributed by atoms with van der Waals surface area (Å²) < 4.78 is 24.1. The zero-order chi connectivity index (χ0) is 9.84. The van der Waals surface area contributed by atoms with E-state index >= 15 is 0 Å². The molecule has 0 amide bonds. The topological polar surface area (TPSA) is 24.9 Å². The second-order valence-corrected chi connectivity index (χ2v) is 3.92. The van der Waals surface area contributed by atoms with Gasteiger partial charge in [-0.3, -0.25) is 0 Å². The number of rotatable bonds is 4. The van der Waals surface area contributed by atoms with E-state index in [1.807, 2.05) is 12.3 Å². The van der Waals surface area contributed by atoms with Crippen molar-refractivity contribution in [3.63, 3.8) is 0 Å². The number of halogens is 2. The fourth-order valence-electron chi connectivity index (χ4n) is 0.844. The van der Waals surface area contributed by atoms with Crippen LogP contribution in [0.2, 0.25) is 0 Å². The van der Waals surface area contributed by atoms with Crippen molar-refractivity contribution in [1.82, 2.24) is 10.3 Å². The van der Waals surface area contributed by atoms with E-state index in [0.717, 1.165) is 10.7 Å². The van der Waals surface area contributed by atoms with Crippen LogP contribution in [0.25, 0.3) is 0 Å². The lowest BCUT2D eigenvalue weighted by Gasteiger charge is -2.10. The summed E-state index contributed by atoms with van der Waals surface area (Å²) in [7, 11) is 0. The van der Waals surface area contributed by atoms with E-state index in [2.05, 4.69) is 10.3 Å². The molecular formula is C8H12F2N2S. The number of alkyl halides is 2. The average Bonchev–Trinajstić information content (AvgIpc) is 2.47.